The van der Waals surface area contributed by atoms with Crippen molar-refractivity contribution in [2.24, 2.45) is 0 Å². The molecule has 2 aliphatic rings. The van der Waals surface area contributed by atoms with Crippen molar-refractivity contribution < 1.29 is 9.59 Å². The molecule has 130 valence electrons. The van der Waals surface area contributed by atoms with Crippen LogP contribution >= 0.6 is 11.8 Å². The first-order valence-electron chi connectivity index (χ1n) is 8.19. The average Bonchev–Trinajstić information content (AvgIpc) is 3.16. The molecule has 4 rings (SSSR count). The highest BCUT2D eigenvalue weighted by Crippen LogP contribution is 2.45. The fraction of sp³-hybridized carbons (Fsp3) is 0.412. The fourth-order valence-electron chi connectivity index (χ4n) is 3.60. The fourth-order valence-corrected chi connectivity index (χ4v) is 5.08. The lowest BCUT2D eigenvalue weighted by molar-refractivity contribution is -0.141. The monoisotopic (exact) mass is 358 g/mol. The topological polar surface area (TPSA) is 86.4 Å². The molecule has 0 spiro atoms. The highest BCUT2D eigenvalue weighted by molar-refractivity contribution is 8.01. The number of nitrogens with one attached hydrogen (secondary N) is 1. The molecule has 0 saturated carbocycles. The van der Waals surface area contributed by atoms with Gasteiger partial charge in [-0.25, -0.2) is 4.98 Å². The Balaban J connectivity index is 1.60. The molecule has 25 heavy (non-hydrogen) atoms. The van der Waals surface area contributed by atoms with E-state index >= 15 is 0 Å². The standard InChI is InChI=1S/C17H18N4O3S/c1-20(16(24)17-7-6-14(22)21(17)8-9-25-17)10-13-18-12-5-3-2-4-11(12)15(23)19-13/h2-5H,6-10H2,1H3,(H,18,19,23). The lowest BCUT2D eigenvalue weighted by Crippen LogP contribution is -2.51. The average molecular weight is 358 g/mol. The highest BCUT2D eigenvalue weighted by Gasteiger charge is 2.55. The number of aromatic amines is 1. The van der Waals surface area contributed by atoms with E-state index in [1.54, 1.807) is 35.0 Å². The van der Waals surface area contributed by atoms with E-state index in [2.05, 4.69) is 9.97 Å². The number of hydrogen-bond donors (Lipinski definition) is 1. The van der Waals surface area contributed by atoms with E-state index in [0.29, 0.717) is 36.1 Å². The number of aromatic nitrogens is 2. The number of hydrogen-bond acceptors (Lipinski definition) is 5. The molecule has 1 N–H and O–H groups in total. The van der Waals surface area contributed by atoms with Crippen molar-refractivity contribution in [3.05, 3.63) is 40.4 Å². The summed E-state index contributed by atoms with van der Waals surface area (Å²) in [6.45, 7) is 0.817. The minimum atomic E-state index is -0.775. The smallest absolute Gasteiger partial charge is 0.259 e. The molecule has 1 aromatic carbocycles. The molecular formula is C17H18N4O3S. The molecule has 0 radical (unpaired) electrons. The maximum absolute atomic E-state index is 13.0. The first-order chi connectivity index (χ1) is 12.0. The molecular weight excluding hydrogens is 340 g/mol. The molecule has 2 aliphatic heterocycles. The van der Waals surface area contributed by atoms with Crippen LogP contribution < -0.4 is 5.56 Å². The molecule has 2 saturated heterocycles. The number of amides is 2. The Hall–Kier alpha value is -2.35. The summed E-state index contributed by atoms with van der Waals surface area (Å²) in [5, 5.41) is 0.526. The quantitative estimate of drug-likeness (QED) is 0.883. The third-order valence-corrected chi connectivity index (χ3v) is 6.26. The third kappa shape index (κ3) is 2.52. The molecule has 7 nitrogen and oxygen atoms in total. The number of carbonyl (C=O) groups excluding carboxylic acids is 2. The molecule has 0 bridgehead atoms. The SMILES string of the molecule is CN(Cc1nc2ccccc2c(=O)[nH]1)C(=O)C12CCC(=O)N1CCS2. The van der Waals surface area contributed by atoms with Gasteiger partial charge >= 0.3 is 0 Å². The van der Waals surface area contributed by atoms with Crippen LogP contribution in [0, 0.1) is 0 Å². The van der Waals surface area contributed by atoms with Crippen LogP contribution in [0.1, 0.15) is 18.7 Å². The number of fused-ring (bicyclic) bond motifs is 2. The molecule has 3 heterocycles. The van der Waals surface area contributed by atoms with Gasteiger partial charge in [0.1, 0.15) is 5.82 Å². The molecule has 2 fully saturated rings. The number of thioether (sulfide) groups is 1. The minimum Gasteiger partial charge on any atom is -0.335 e. The zero-order valence-corrected chi connectivity index (χ0v) is 14.6. The lowest BCUT2D eigenvalue weighted by atomic mass is 10.2. The third-order valence-electron chi connectivity index (χ3n) is 4.80. The minimum absolute atomic E-state index is 0.0454. The van der Waals surface area contributed by atoms with Crippen LogP contribution in [0.25, 0.3) is 10.9 Å². The summed E-state index contributed by atoms with van der Waals surface area (Å²) in [4.78, 5) is 46.9. The Labute approximate surface area is 148 Å². The number of benzene rings is 1. The van der Waals surface area contributed by atoms with Gasteiger partial charge in [-0.3, -0.25) is 14.4 Å². The maximum Gasteiger partial charge on any atom is 0.259 e. The number of H-pyrrole nitrogens is 1. The highest BCUT2D eigenvalue weighted by atomic mass is 32.2. The zero-order valence-electron chi connectivity index (χ0n) is 13.8. The maximum atomic E-state index is 13.0. The predicted octanol–water partition coefficient (Wildman–Crippen LogP) is 0.947. The van der Waals surface area contributed by atoms with Gasteiger partial charge < -0.3 is 14.8 Å². The van der Waals surface area contributed by atoms with Gasteiger partial charge in [-0.05, 0) is 18.6 Å². The summed E-state index contributed by atoms with van der Waals surface area (Å²) in [6, 6.07) is 7.11. The summed E-state index contributed by atoms with van der Waals surface area (Å²) >= 11 is 1.54. The van der Waals surface area contributed by atoms with Gasteiger partial charge in [-0.1, -0.05) is 12.1 Å². The molecule has 1 aromatic heterocycles. The second-order valence-electron chi connectivity index (χ2n) is 6.37. The summed E-state index contributed by atoms with van der Waals surface area (Å²) in [5.41, 5.74) is 0.390. The van der Waals surface area contributed by atoms with Crippen LogP contribution in [-0.4, -0.2) is 55.8 Å². The summed E-state index contributed by atoms with van der Waals surface area (Å²) in [5.74, 6) is 1.16. The van der Waals surface area contributed by atoms with Gasteiger partial charge in [0.05, 0.1) is 17.4 Å². The first-order valence-corrected chi connectivity index (χ1v) is 9.18. The van der Waals surface area contributed by atoms with E-state index in [9.17, 15) is 14.4 Å². The second kappa shape index (κ2) is 5.87. The van der Waals surface area contributed by atoms with Crippen molar-refractivity contribution in [2.75, 3.05) is 19.3 Å². The summed E-state index contributed by atoms with van der Waals surface area (Å²) in [6.07, 6.45) is 0.957. The van der Waals surface area contributed by atoms with E-state index in [1.807, 2.05) is 6.07 Å². The van der Waals surface area contributed by atoms with Crippen LogP contribution in [0.4, 0.5) is 0 Å². The van der Waals surface area contributed by atoms with Crippen molar-refractivity contribution in [3.8, 4) is 0 Å². The van der Waals surface area contributed by atoms with E-state index in [1.165, 1.54) is 11.8 Å². The number of para-hydroxylation sites is 1. The van der Waals surface area contributed by atoms with Gasteiger partial charge in [0.2, 0.25) is 5.91 Å². The van der Waals surface area contributed by atoms with Crippen molar-refractivity contribution in [3.63, 3.8) is 0 Å². The van der Waals surface area contributed by atoms with Gasteiger partial charge in [-0.15, -0.1) is 11.8 Å². The van der Waals surface area contributed by atoms with Crippen molar-refractivity contribution in [1.82, 2.24) is 19.8 Å². The lowest BCUT2D eigenvalue weighted by Gasteiger charge is -2.33. The number of carbonyl (C=O) groups is 2. The predicted molar refractivity (Wildman–Crippen MR) is 95.0 cm³/mol. The summed E-state index contributed by atoms with van der Waals surface area (Å²) in [7, 11) is 1.69. The normalized spacial score (nSPS) is 22.4. The Bertz CT molecular complexity index is 927. The van der Waals surface area contributed by atoms with Crippen LogP contribution in [0.2, 0.25) is 0 Å². The Kier molecular flexibility index (Phi) is 3.79. The van der Waals surface area contributed by atoms with Crippen LogP contribution in [0.15, 0.2) is 29.1 Å². The molecule has 2 amide bonds. The molecule has 1 unspecified atom stereocenters. The van der Waals surface area contributed by atoms with Crippen LogP contribution in [0.5, 0.6) is 0 Å². The van der Waals surface area contributed by atoms with E-state index in [0.717, 1.165) is 5.75 Å². The first kappa shape index (κ1) is 16.1. The number of rotatable bonds is 3. The Morgan fingerprint density at radius 3 is 3.04 bits per heavy atom. The van der Waals surface area contributed by atoms with Gasteiger partial charge in [0.15, 0.2) is 4.87 Å². The van der Waals surface area contributed by atoms with Crippen LogP contribution in [-0.2, 0) is 16.1 Å². The van der Waals surface area contributed by atoms with Gasteiger partial charge in [0, 0.05) is 25.8 Å². The molecule has 0 aliphatic carbocycles. The molecule has 8 heteroatoms. The summed E-state index contributed by atoms with van der Waals surface area (Å²) < 4.78 is 0. The number of nitrogens with zero attached hydrogens (tertiary/aromatic N) is 3. The zero-order chi connectivity index (χ0) is 17.6. The van der Waals surface area contributed by atoms with Gasteiger partial charge in [-0.2, -0.15) is 0 Å². The van der Waals surface area contributed by atoms with E-state index in [-0.39, 0.29) is 23.9 Å². The van der Waals surface area contributed by atoms with Crippen LogP contribution in [0.3, 0.4) is 0 Å². The Morgan fingerprint density at radius 2 is 2.20 bits per heavy atom. The molecule has 1 atom stereocenters. The largest absolute Gasteiger partial charge is 0.335 e. The van der Waals surface area contributed by atoms with E-state index < -0.39 is 4.87 Å². The van der Waals surface area contributed by atoms with Crippen molar-refractivity contribution in [1.29, 1.82) is 0 Å². The second-order valence-corrected chi connectivity index (χ2v) is 7.74. The van der Waals surface area contributed by atoms with Gasteiger partial charge in [0.25, 0.3) is 11.5 Å². The Morgan fingerprint density at radius 1 is 1.40 bits per heavy atom. The van der Waals surface area contributed by atoms with E-state index in [4.69, 9.17) is 0 Å². The van der Waals surface area contributed by atoms with Crippen molar-refractivity contribution >= 4 is 34.5 Å². The number of likely N-dealkylation sites (N-methyl/N-ethyl adjacent to an activating group) is 1. The molecule has 2 aromatic rings. The van der Waals surface area contributed by atoms with Crippen molar-refractivity contribution in [2.45, 2.75) is 24.3 Å².